The van der Waals surface area contributed by atoms with Crippen LogP contribution in [0.2, 0.25) is 5.02 Å². The summed E-state index contributed by atoms with van der Waals surface area (Å²) in [4.78, 5) is 14.0. The second kappa shape index (κ2) is 9.86. The molecule has 0 saturated heterocycles. The van der Waals surface area contributed by atoms with Crippen molar-refractivity contribution in [3.8, 4) is 5.75 Å². The lowest BCUT2D eigenvalue weighted by molar-refractivity contribution is 0.102. The van der Waals surface area contributed by atoms with E-state index in [1.54, 1.807) is 11.8 Å². The predicted octanol–water partition coefficient (Wildman–Crippen LogP) is 6.90. The van der Waals surface area contributed by atoms with E-state index >= 15 is 0 Å². The maximum Gasteiger partial charge on any atom is 0.255 e. The summed E-state index contributed by atoms with van der Waals surface area (Å²) in [6, 6.07) is 19.2. The molecule has 0 heterocycles. The van der Waals surface area contributed by atoms with E-state index in [2.05, 4.69) is 5.32 Å². The highest BCUT2D eigenvalue weighted by Crippen LogP contribution is 2.30. The van der Waals surface area contributed by atoms with Crippen LogP contribution in [0.5, 0.6) is 5.75 Å². The highest BCUT2D eigenvalue weighted by molar-refractivity contribution is 7.98. The molecule has 0 saturated carbocycles. The summed E-state index contributed by atoms with van der Waals surface area (Å²) in [6.07, 6.45) is 0. The van der Waals surface area contributed by atoms with Crippen molar-refractivity contribution < 1.29 is 9.53 Å². The van der Waals surface area contributed by atoms with Crippen LogP contribution in [0.15, 0.2) is 65.6 Å². The average Bonchev–Trinajstić information content (AvgIpc) is 2.72. The van der Waals surface area contributed by atoms with Gasteiger partial charge >= 0.3 is 0 Å². The second-order valence-electron chi connectivity index (χ2n) is 6.70. The van der Waals surface area contributed by atoms with Gasteiger partial charge in [0.05, 0.1) is 6.61 Å². The molecule has 0 spiro atoms. The Labute approximate surface area is 181 Å². The standard InChI is InChI=1S/C24H24ClNO2S/c1-4-28-23-13-8-18(24(27)26-22-7-5-6-16(2)17(22)3)14-19(23)15-29-21-11-9-20(25)10-12-21/h5-14H,4,15H2,1-3H3,(H,26,27). The van der Waals surface area contributed by atoms with E-state index in [1.165, 1.54) is 0 Å². The quantitative estimate of drug-likeness (QED) is 0.418. The van der Waals surface area contributed by atoms with Gasteiger partial charge < -0.3 is 10.1 Å². The van der Waals surface area contributed by atoms with Crippen molar-refractivity contribution in [2.45, 2.75) is 31.4 Å². The molecule has 0 unspecified atom stereocenters. The summed E-state index contributed by atoms with van der Waals surface area (Å²) in [7, 11) is 0. The maximum atomic E-state index is 12.8. The summed E-state index contributed by atoms with van der Waals surface area (Å²) >= 11 is 7.65. The predicted molar refractivity (Wildman–Crippen MR) is 122 cm³/mol. The summed E-state index contributed by atoms with van der Waals surface area (Å²) in [5.41, 5.74) is 4.65. The lowest BCUT2D eigenvalue weighted by Gasteiger charge is -2.14. The fraction of sp³-hybridized carbons (Fsp3) is 0.208. The number of nitrogens with one attached hydrogen (secondary N) is 1. The number of carbonyl (C=O) groups excluding carboxylic acids is 1. The maximum absolute atomic E-state index is 12.8. The third-order valence-electron chi connectivity index (χ3n) is 4.68. The Morgan fingerprint density at radius 2 is 1.83 bits per heavy atom. The van der Waals surface area contributed by atoms with Crippen molar-refractivity contribution in [2.24, 2.45) is 0 Å². The van der Waals surface area contributed by atoms with E-state index in [0.717, 1.165) is 38.0 Å². The highest BCUT2D eigenvalue weighted by Gasteiger charge is 2.13. The first-order valence-corrected chi connectivity index (χ1v) is 10.9. The number of benzene rings is 3. The molecule has 3 aromatic rings. The van der Waals surface area contributed by atoms with Crippen LogP contribution in [0.25, 0.3) is 0 Å². The van der Waals surface area contributed by atoms with Gasteiger partial charge in [-0.15, -0.1) is 11.8 Å². The number of halogens is 1. The molecule has 1 N–H and O–H groups in total. The van der Waals surface area contributed by atoms with Gasteiger partial charge in [-0.05, 0) is 80.4 Å². The van der Waals surface area contributed by atoms with Crippen molar-refractivity contribution in [1.29, 1.82) is 0 Å². The second-order valence-corrected chi connectivity index (χ2v) is 8.18. The van der Waals surface area contributed by atoms with Gasteiger partial charge in [-0.1, -0.05) is 23.7 Å². The van der Waals surface area contributed by atoms with Crippen LogP contribution in [0.1, 0.15) is 34.0 Å². The fourth-order valence-electron chi connectivity index (χ4n) is 2.90. The normalized spacial score (nSPS) is 10.6. The fourth-order valence-corrected chi connectivity index (χ4v) is 3.90. The molecule has 3 aromatic carbocycles. The van der Waals surface area contributed by atoms with Crippen molar-refractivity contribution in [3.05, 3.63) is 87.9 Å². The number of amides is 1. The Hall–Kier alpha value is -2.43. The van der Waals surface area contributed by atoms with E-state index in [9.17, 15) is 4.79 Å². The molecule has 3 rings (SSSR count). The van der Waals surface area contributed by atoms with Crippen LogP contribution in [0, 0.1) is 13.8 Å². The van der Waals surface area contributed by atoms with E-state index in [0.29, 0.717) is 17.9 Å². The Balaban J connectivity index is 1.80. The minimum Gasteiger partial charge on any atom is -0.494 e. The molecule has 0 aliphatic rings. The molecule has 0 aromatic heterocycles. The van der Waals surface area contributed by atoms with Crippen molar-refractivity contribution >= 4 is 35.0 Å². The first-order chi connectivity index (χ1) is 14.0. The van der Waals surface area contributed by atoms with Gasteiger partial charge in [0.25, 0.3) is 5.91 Å². The molecular weight excluding hydrogens is 402 g/mol. The number of aryl methyl sites for hydroxylation is 1. The third kappa shape index (κ3) is 5.55. The molecule has 29 heavy (non-hydrogen) atoms. The SMILES string of the molecule is CCOc1ccc(C(=O)Nc2cccc(C)c2C)cc1CSc1ccc(Cl)cc1. The average molecular weight is 426 g/mol. The van der Waals surface area contributed by atoms with Crippen LogP contribution in [-0.4, -0.2) is 12.5 Å². The van der Waals surface area contributed by atoms with Gasteiger partial charge in [0.15, 0.2) is 0 Å². The molecule has 150 valence electrons. The molecule has 3 nitrogen and oxygen atoms in total. The molecule has 5 heteroatoms. The van der Waals surface area contributed by atoms with Crippen LogP contribution >= 0.6 is 23.4 Å². The van der Waals surface area contributed by atoms with Crippen molar-refractivity contribution in [1.82, 2.24) is 0 Å². The Kier molecular flexibility index (Phi) is 7.24. The molecule has 0 fully saturated rings. The zero-order valence-electron chi connectivity index (χ0n) is 16.8. The lowest BCUT2D eigenvalue weighted by atomic mass is 10.1. The van der Waals surface area contributed by atoms with Crippen LogP contribution in [0.4, 0.5) is 5.69 Å². The first kappa shape index (κ1) is 21.3. The smallest absolute Gasteiger partial charge is 0.255 e. The third-order valence-corrected chi connectivity index (χ3v) is 6.00. The van der Waals surface area contributed by atoms with Gasteiger partial charge in [0.2, 0.25) is 0 Å². The monoisotopic (exact) mass is 425 g/mol. The number of hydrogen-bond acceptors (Lipinski definition) is 3. The van der Waals surface area contributed by atoms with E-state index in [-0.39, 0.29) is 5.91 Å². The Morgan fingerprint density at radius 3 is 2.55 bits per heavy atom. The summed E-state index contributed by atoms with van der Waals surface area (Å²) in [6.45, 7) is 6.58. The largest absolute Gasteiger partial charge is 0.494 e. The molecule has 0 aliphatic carbocycles. The molecule has 0 atom stereocenters. The highest BCUT2D eigenvalue weighted by atomic mass is 35.5. The number of rotatable bonds is 7. The lowest BCUT2D eigenvalue weighted by Crippen LogP contribution is -2.13. The number of hydrogen-bond donors (Lipinski definition) is 1. The number of thioether (sulfide) groups is 1. The molecular formula is C24H24ClNO2S. The summed E-state index contributed by atoms with van der Waals surface area (Å²) in [5.74, 6) is 1.37. The van der Waals surface area contributed by atoms with Gasteiger partial charge in [-0.2, -0.15) is 0 Å². The van der Waals surface area contributed by atoms with Crippen LogP contribution in [0.3, 0.4) is 0 Å². The zero-order chi connectivity index (χ0) is 20.8. The van der Waals surface area contributed by atoms with Gasteiger partial charge in [0, 0.05) is 32.5 Å². The first-order valence-electron chi connectivity index (χ1n) is 9.49. The number of ether oxygens (including phenoxy) is 1. The molecule has 1 amide bonds. The van der Waals surface area contributed by atoms with E-state index in [1.807, 2.05) is 81.4 Å². The Morgan fingerprint density at radius 1 is 1.07 bits per heavy atom. The van der Waals surface area contributed by atoms with E-state index < -0.39 is 0 Å². The molecule has 0 bridgehead atoms. The summed E-state index contributed by atoms with van der Waals surface area (Å²) in [5, 5.41) is 3.74. The minimum absolute atomic E-state index is 0.125. The van der Waals surface area contributed by atoms with E-state index in [4.69, 9.17) is 16.3 Å². The minimum atomic E-state index is -0.125. The van der Waals surface area contributed by atoms with Crippen molar-refractivity contribution in [2.75, 3.05) is 11.9 Å². The topological polar surface area (TPSA) is 38.3 Å². The van der Waals surface area contributed by atoms with Gasteiger partial charge in [-0.25, -0.2) is 0 Å². The molecule has 0 aliphatic heterocycles. The Bertz CT molecular complexity index is 1000. The van der Waals surface area contributed by atoms with Crippen LogP contribution < -0.4 is 10.1 Å². The zero-order valence-corrected chi connectivity index (χ0v) is 18.4. The van der Waals surface area contributed by atoms with Gasteiger partial charge in [-0.3, -0.25) is 4.79 Å². The summed E-state index contributed by atoms with van der Waals surface area (Å²) < 4.78 is 5.77. The molecule has 0 radical (unpaired) electrons. The van der Waals surface area contributed by atoms with Crippen LogP contribution in [-0.2, 0) is 5.75 Å². The van der Waals surface area contributed by atoms with Gasteiger partial charge in [0.1, 0.15) is 5.75 Å². The van der Waals surface area contributed by atoms with Crippen molar-refractivity contribution in [3.63, 3.8) is 0 Å². The number of carbonyl (C=O) groups is 1. The number of anilines is 1.